The third-order valence-electron chi connectivity index (χ3n) is 1.58. The smallest absolute Gasteiger partial charge is 0.668 e. The van der Waals surface area contributed by atoms with Gasteiger partial charge in [-0.25, -0.2) is 0 Å². The molecule has 1 fully saturated rings. The maximum Gasteiger partial charge on any atom is 3.00 e. The van der Waals surface area contributed by atoms with Crippen molar-refractivity contribution < 1.29 is 26.2 Å². The third kappa shape index (κ3) is 22.4. The second kappa shape index (κ2) is 22.0. The Kier molecular flexibility index (Phi) is 29.6. The Morgan fingerprint density at radius 1 is 0.882 bits per heavy atom. The minimum Gasteiger partial charge on any atom is -0.668 e. The quantitative estimate of drug-likeness (QED) is 0.714. The van der Waals surface area contributed by atoms with Crippen LogP contribution >= 0.6 is 0 Å². The van der Waals surface area contributed by atoms with Gasteiger partial charge in [0.15, 0.2) is 0 Å². The molecule has 0 aliphatic heterocycles. The summed E-state index contributed by atoms with van der Waals surface area (Å²) in [5, 5.41) is 11.0. The summed E-state index contributed by atoms with van der Waals surface area (Å²) in [4.78, 5) is 0. The second-order valence-electron chi connectivity index (χ2n) is 3.33. The van der Waals surface area contributed by atoms with Crippen molar-refractivity contribution in [3.8, 4) is 0 Å². The van der Waals surface area contributed by atoms with Gasteiger partial charge in [0.2, 0.25) is 0 Å². The van der Waals surface area contributed by atoms with Crippen LogP contribution in [0, 0.1) is 31.6 Å². The largest absolute Gasteiger partial charge is 3.00 e. The van der Waals surface area contributed by atoms with Crippen molar-refractivity contribution in [2.75, 3.05) is 41.8 Å². The zero-order valence-corrected chi connectivity index (χ0v) is 14.2. The molecule has 0 amide bonds. The van der Waals surface area contributed by atoms with Crippen molar-refractivity contribution in [1.82, 2.24) is 0 Å². The first-order valence-corrected chi connectivity index (χ1v) is 5.48. The van der Waals surface area contributed by atoms with Crippen LogP contribution in [0.1, 0.15) is 12.8 Å². The summed E-state index contributed by atoms with van der Waals surface area (Å²) in [5.74, 6) is 1.43. The van der Waals surface area contributed by atoms with Gasteiger partial charge < -0.3 is 16.0 Å². The number of hydrogen-bond donors (Lipinski definition) is 0. The molecule has 1 saturated carbocycles. The van der Waals surface area contributed by atoms with Gasteiger partial charge in [0.05, 0.1) is 0 Å². The molecule has 96 valence electrons. The fourth-order valence-corrected chi connectivity index (χ4v) is 1.02. The van der Waals surface area contributed by atoms with Gasteiger partial charge >= 0.3 is 26.2 Å². The molecule has 0 heterocycles. The van der Waals surface area contributed by atoms with Crippen molar-refractivity contribution in [1.29, 1.82) is 0 Å². The molecule has 0 bridgehead atoms. The van der Waals surface area contributed by atoms with Crippen molar-refractivity contribution >= 4 is 0 Å². The zero-order chi connectivity index (χ0) is 12.6. The predicted molar refractivity (Wildman–Crippen MR) is 74.2 cm³/mol. The van der Waals surface area contributed by atoms with Gasteiger partial charge in [0, 0.05) is 0 Å². The first kappa shape index (κ1) is 22.9. The molecule has 0 aromatic rings. The standard InChI is InChI=1S/C9H13N.2C2H6N.Zr/c1-10-8-4-7-9-5-2-3-6-9;2*1-3-2;/h2-3,5-6H,4,7-8H2,1H3;2*1-2H3;/q3*-1;+3. The van der Waals surface area contributed by atoms with E-state index in [1.54, 1.807) is 28.2 Å². The molecule has 1 rings (SSSR count). The Bertz CT molecular complexity index is 105. The molecule has 1 aliphatic rings. The monoisotopic (exact) mass is 313 g/mol. The summed E-state index contributed by atoms with van der Waals surface area (Å²) in [5.41, 5.74) is 0. The molecule has 0 spiro atoms. The Balaban J connectivity index is -0.000000240. The Labute approximate surface area is 128 Å². The van der Waals surface area contributed by atoms with E-state index in [-0.39, 0.29) is 26.2 Å². The number of nitrogens with zero attached hydrogens (tertiary/aromatic N) is 3. The zero-order valence-electron chi connectivity index (χ0n) is 11.8. The van der Waals surface area contributed by atoms with Crippen LogP contribution in [-0.4, -0.2) is 41.8 Å². The summed E-state index contributed by atoms with van der Waals surface area (Å²) >= 11 is 0. The molecule has 6 radical (unpaired) electrons. The average molecular weight is 315 g/mol. The minimum atomic E-state index is 0. The van der Waals surface area contributed by atoms with Crippen LogP contribution in [0.3, 0.4) is 0 Å². The maximum atomic E-state index is 4.04. The molecule has 0 unspecified atom stereocenters. The number of rotatable bonds is 4. The molecular weight excluding hydrogens is 289 g/mol. The van der Waals surface area contributed by atoms with Crippen LogP contribution in [-0.2, 0) is 26.2 Å². The van der Waals surface area contributed by atoms with Gasteiger partial charge in [-0.1, -0.05) is 6.42 Å². The van der Waals surface area contributed by atoms with E-state index < -0.39 is 0 Å². The summed E-state index contributed by atoms with van der Waals surface area (Å²) in [6.07, 6.45) is 10.8. The topological polar surface area (TPSA) is 42.3 Å². The van der Waals surface area contributed by atoms with E-state index in [2.05, 4.69) is 41.6 Å². The first-order valence-electron chi connectivity index (χ1n) is 5.48. The fraction of sp³-hybridized carbons (Fsp3) is 0.615. The van der Waals surface area contributed by atoms with Crippen LogP contribution in [0.4, 0.5) is 0 Å². The second-order valence-corrected chi connectivity index (χ2v) is 3.33. The Morgan fingerprint density at radius 3 is 1.65 bits per heavy atom. The SMILES string of the molecule is C[N-]C.C[N-]C.C[N-]CCC[C]1[CH][CH][CH][CH]1.[Zr+3]. The van der Waals surface area contributed by atoms with E-state index in [1.165, 1.54) is 18.8 Å². The van der Waals surface area contributed by atoms with E-state index in [4.69, 9.17) is 0 Å². The molecule has 0 saturated heterocycles. The maximum absolute atomic E-state index is 4.04. The average Bonchev–Trinajstić information content (AvgIpc) is 2.73. The van der Waals surface area contributed by atoms with E-state index in [0.29, 0.717) is 0 Å². The Hall–Kier alpha value is 0.763. The van der Waals surface area contributed by atoms with Crippen molar-refractivity contribution in [2.24, 2.45) is 0 Å². The Morgan fingerprint density at radius 2 is 1.29 bits per heavy atom. The molecule has 0 N–H and O–H groups in total. The van der Waals surface area contributed by atoms with Crippen molar-refractivity contribution in [3.63, 3.8) is 0 Å². The van der Waals surface area contributed by atoms with E-state index in [9.17, 15) is 0 Å². The summed E-state index contributed by atoms with van der Waals surface area (Å²) in [7, 11) is 8.87. The third-order valence-corrected chi connectivity index (χ3v) is 1.58. The van der Waals surface area contributed by atoms with Gasteiger partial charge in [0.1, 0.15) is 0 Å². The van der Waals surface area contributed by atoms with Crippen molar-refractivity contribution in [2.45, 2.75) is 12.8 Å². The molecule has 0 atom stereocenters. The van der Waals surface area contributed by atoms with Gasteiger partial charge in [-0.2, -0.15) is 35.2 Å². The molecule has 0 aromatic carbocycles. The van der Waals surface area contributed by atoms with E-state index >= 15 is 0 Å². The number of hydrogen-bond acceptors (Lipinski definition) is 0. The van der Waals surface area contributed by atoms with Gasteiger partial charge in [0.25, 0.3) is 0 Å². The summed E-state index contributed by atoms with van der Waals surface area (Å²) < 4.78 is 0. The molecular formula is C13H25N3Zr. The molecule has 1 aliphatic carbocycles. The van der Waals surface area contributed by atoms with Gasteiger partial charge in [-0.3, -0.25) is 0 Å². The summed E-state index contributed by atoms with van der Waals surface area (Å²) in [6.45, 7) is 0.991. The first-order chi connectivity index (χ1) is 7.76. The van der Waals surface area contributed by atoms with Crippen LogP contribution in [0.5, 0.6) is 0 Å². The summed E-state index contributed by atoms with van der Waals surface area (Å²) in [6, 6.07) is 0. The minimum absolute atomic E-state index is 0. The normalized spacial score (nSPS) is 13.9. The fourth-order valence-electron chi connectivity index (χ4n) is 1.02. The van der Waals surface area contributed by atoms with E-state index in [1.807, 2.05) is 7.05 Å². The van der Waals surface area contributed by atoms with Crippen molar-refractivity contribution in [3.05, 3.63) is 47.6 Å². The molecule has 4 heteroatoms. The van der Waals surface area contributed by atoms with Gasteiger partial charge in [-0.05, 0) is 38.0 Å². The predicted octanol–water partition coefficient (Wildman–Crippen LogP) is 3.41. The molecule has 0 aromatic heterocycles. The van der Waals surface area contributed by atoms with Crippen LogP contribution in [0.15, 0.2) is 0 Å². The van der Waals surface area contributed by atoms with Crippen LogP contribution in [0.2, 0.25) is 0 Å². The van der Waals surface area contributed by atoms with Gasteiger partial charge in [-0.15, -0.1) is 6.54 Å². The van der Waals surface area contributed by atoms with E-state index in [0.717, 1.165) is 6.54 Å². The van der Waals surface area contributed by atoms with Crippen LogP contribution in [0.25, 0.3) is 16.0 Å². The molecule has 17 heavy (non-hydrogen) atoms. The molecule has 3 nitrogen and oxygen atoms in total. The van der Waals surface area contributed by atoms with Crippen LogP contribution < -0.4 is 0 Å².